The van der Waals surface area contributed by atoms with E-state index in [0.29, 0.717) is 0 Å². The minimum atomic E-state index is 0. The third-order valence-electron chi connectivity index (χ3n) is 3.23. The predicted molar refractivity (Wildman–Crippen MR) is 77.5 cm³/mol. The molecule has 0 N–H and O–H groups in total. The van der Waals surface area contributed by atoms with Crippen molar-refractivity contribution in [2.24, 2.45) is 4.99 Å². The van der Waals surface area contributed by atoms with Crippen molar-refractivity contribution in [1.29, 1.82) is 0 Å². The number of hydrogen-bond donors (Lipinski definition) is 0. The van der Waals surface area contributed by atoms with Gasteiger partial charge in [0, 0.05) is 6.08 Å². The lowest BCUT2D eigenvalue weighted by Crippen LogP contribution is -3.00. The summed E-state index contributed by atoms with van der Waals surface area (Å²) in [6.45, 7) is 0. The first kappa shape index (κ1) is 13.9. The van der Waals surface area contributed by atoms with E-state index in [0.717, 1.165) is 0 Å². The Balaban J connectivity index is 0.00000133. The van der Waals surface area contributed by atoms with E-state index in [1.54, 1.807) is 0 Å². The Hall–Kier alpha value is -1.49. The Kier molecular flexibility index (Phi) is 4.47. The number of nitrogens with zero attached hydrogens (tertiary/aromatic N) is 2. The molecule has 0 aliphatic carbocycles. The molecule has 0 amide bonds. The van der Waals surface area contributed by atoms with Gasteiger partial charge >= 0.3 is 0 Å². The maximum atomic E-state index is 4.37. The topological polar surface area (TPSA) is 15.4 Å². The van der Waals surface area contributed by atoms with Crippen molar-refractivity contribution in [1.82, 2.24) is 0 Å². The number of benzene rings is 2. The summed E-state index contributed by atoms with van der Waals surface area (Å²) in [4.78, 5) is 4.37. The van der Waals surface area contributed by atoms with E-state index in [9.17, 15) is 0 Å². The van der Waals surface area contributed by atoms with E-state index in [-0.39, 0.29) is 30.1 Å². The van der Waals surface area contributed by atoms with Crippen LogP contribution in [-0.4, -0.2) is 30.2 Å². The molecule has 0 saturated heterocycles. The van der Waals surface area contributed by atoms with Gasteiger partial charge in [0.1, 0.15) is 7.05 Å². The van der Waals surface area contributed by atoms with Gasteiger partial charge in [-0.1, -0.05) is 42.5 Å². The van der Waals surface area contributed by atoms with Crippen LogP contribution >= 0.6 is 0 Å². The summed E-state index contributed by atoms with van der Waals surface area (Å²) in [5.41, 5.74) is 1.24. The first-order chi connectivity index (χ1) is 8.84. The van der Waals surface area contributed by atoms with Crippen molar-refractivity contribution >= 4 is 29.3 Å². The third-order valence-corrected chi connectivity index (χ3v) is 3.23. The molecule has 0 spiro atoms. The Bertz CT molecular complexity index is 666. The molecular formula is C16H15IN2. The fourth-order valence-corrected chi connectivity index (χ4v) is 2.20. The smallest absolute Gasteiger partial charge is 0.265 e. The normalized spacial score (nSPS) is 17.7. The molecule has 2 aromatic rings. The van der Waals surface area contributed by atoms with Gasteiger partial charge in [0.2, 0.25) is 0 Å². The van der Waals surface area contributed by atoms with Gasteiger partial charge in [0.25, 0.3) is 6.17 Å². The van der Waals surface area contributed by atoms with Crippen LogP contribution in [0.2, 0.25) is 0 Å². The van der Waals surface area contributed by atoms with E-state index in [1.165, 1.54) is 16.3 Å². The van der Waals surface area contributed by atoms with E-state index in [1.807, 2.05) is 19.5 Å². The Labute approximate surface area is 130 Å². The number of hydrogen-bond acceptors (Lipinski definition) is 1. The van der Waals surface area contributed by atoms with E-state index in [4.69, 9.17) is 0 Å². The largest absolute Gasteiger partial charge is 1.00 e. The van der Waals surface area contributed by atoms with Crippen LogP contribution < -0.4 is 24.0 Å². The number of halogens is 1. The van der Waals surface area contributed by atoms with Crippen LogP contribution in [0.4, 0.5) is 0 Å². The lowest BCUT2D eigenvalue weighted by atomic mass is 10.0. The van der Waals surface area contributed by atoms with Gasteiger partial charge in [0.15, 0.2) is 6.21 Å². The standard InChI is InChI=1S/C16H15N2.HI/c1-18-12-11-17-16(18)10-9-14-7-4-6-13-5-2-3-8-15(13)14;/h2-12,16H,1H3;1H/q+1;/p-1/b10-9+;. The lowest BCUT2D eigenvalue weighted by Gasteiger charge is -2.02. The summed E-state index contributed by atoms with van der Waals surface area (Å²) in [7, 11) is 2.03. The zero-order chi connectivity index (χ0) is 12.4. The zero-order valence-electron chi connectivity index (χ0n) is 10.7. The minimum Gasteiger partial charge on any atom is -1.00 e. The molecule has 0 aromatic heterocycles. The van der Waals surface area contributed by atoms with Gasteiger partial charge in [0.05, 0.1) is 6.21 Å². The molecule has 2 aromatic carbocycles. The maximum Gasteiger partial charge on any atom is 0.265 e. The van der Waals surface area contributed by atoms with Crippen molar-refractivity contribution < 1.29 is 28.6 Å². The second-order valence-electron chi connectivity index (χ2n) is 4.45. The lowest BCUT2D eigenvalue weighted by molar-refractivity contribution is -0.513. The maximum absolute atomic E-state index is 4.37. The van der Waals surface area contributed by atoms with E-state index >= 15 is 0 Å². The highest BCUT2D eigenvalue weighted by atomic mass is 127. The summed E-state index contributed by atoms with van der Waals surface area (Å²) in [6, 6.07) is 14.8. The first-order valence-corrected chi connectivity index (χ1v) is 6.09. The molecule has 1 aliphatic heterocycles. The van der Waals surface area contributed by atoms with Crippen molar-refractivity contribution in [2.75, 3.05) is 7.05 Å². The second kappa shape index (κ2) is 6.10. The molecular weight excluding hydrogens is 347 g/mol. The Morgan fingerprint density at radius 3 is 2.68 bits per heavy atom. The van der Waals surface area contributed by atoms with Crippen LogP contribution in [0.15, 0.2) is 53.5 Å². The molecule has 0 bridgehead atoms. The molecule has 3 rings (SSSR count). The molecule has 0 radical (unpaired) electrons. The van der Waals surface area contributed by atoms with Crippen molar-refractivity contribution in [2.45, 2.75) is 6.17 Å². The third kappa shape index (κ3) is 2.92. The van der Waals surface area contributed by atoms with E-state index < -0.39 is 0 Å². The van der Waals surface area contributed by atoms with Crippen molar-refractivity contribution in [3.05, 3.63) is 54.1 Å². The van der Waals surface area contributed by atoms with Gasteiger partial charge in [-0.15, -0.1) is 0 Å². The minimum absolute atomic E-state index is 0. The van der Waals surface area contributed by atoms with Crippen LogP contribution in [0.5, 0.6) is 0 Å². The number of likely N-dealkylation sites (N-methyl/N-ethyl adjacent to an activating group) is 1. The van der Waals surface area contributed by atoms with E-state index in [2.05, 4.69) is 64.2 Å². The van der Waals surface area contributed by atoms with Gasteiger partial charge in [-0.3, -0.25) is 0 Å². The highest BCUT2D eigenvalue weighted by molar-refractivity contribution is 6.14. The number of fused-ring (bicyclic) bond motifs is 1. The highest BCUT2D eigenvalue weighted by Crippen LogP contribution is 2.20. The summed E-state index contributed by atoms with van der Waals surface area (Å²) in [5.74, 6) is 0. The number of aliphatic imine (C=N–C) groups is 1. The van der Waals surface area contributed by atoms with Crippen LogP contribution in [-0.2, 0) is 0 Å². The molecule has 1 unspecified atom stereocenters. The van der Waals surface area contributed by atoms with Crippen LogP contribution in [0, 0.1) is 0 Å². The highest BCUT2D eigenvalue weighted by Gasteiger charge is 2.13. The second-order valence-corrected chi connectivity index (χ2v) is 4.45. The predicted octanol–water partition coefficient (Wildman–Crippen LogP) is -0.0194. The zero-order valence-corrected chi connectivity index (χ0v) is 12.9. The summed E-state index contributed by atoms with van der Waals surface area (Å²) in [5, 5.41) is 2.55. The van der Waals surface area contributed by atoms with Crippen LogP contribution in [0.1, 0.15) is 5.56 Å². The molecule has 96 valence electrons. The Morgan fingerprint density at radius 2 is 1.89 bits per heavy atom. The summed E-state index contributed by atoms with van der Waals surface area (Å²) in [6.07, 6.45) is 8.24. The van der Waals surface area contributed by atoms with Gasteiger partial charge in [-0.25, -0.2) is 9.57 Å². The molecule has 1 aliphatic rings. The van der Waals surface area contributed by atoms with Gasteiger partial charge in [-0.2, -0.15) is 0 Å². The van der Waals surface area contributed by atoms with Crippen LogP contribution in [0.25, 0.3) is 16.8 Å². The summed E-state index contributed by atoms with van der Waals surface area (Å²) >= 11 is 0. The van der Waals surface area contributed by atoms with Crippen LogP contribution in [0.3, 0.4) is 0 Å². The SMILES string of the molecule is C[N+]1=CC=NC1/C=C/c1cccc2ccccc12.[I-]. The molecule has 0 saturated carbocycles. The molecule has 2 nitrogen and oxygen atoms in total. The average Bonchev–Trinajstić information content (AvgIpc) is 2.82. The fourth-order valence-electron chi connectivity index (χ4n) is 2.20. The number of rotatable bonds is 2. The Morgan fingerprint density at radius 1 is 1.11 bits per heavy atom. The monoisotopic (exact) mass is 362 g/mol. The molecule has 0 fully saturated rings. The quantitative estimate of drug-likeness (QED) is 0.527. The summed E-state index contributed by atoms with van der Waals surface area (Å²) < 4.78 is 2.08. The first-order valence-electron chi connectivity index (χ1n) is 6.09. The molecule has 19 heavy (non-hydrogen) atoms. The average molecular weight is 362 g/mol. The fraction of sp³-hybridized carbons (Fsp3) is 0.125. The van der Waals surface area contributed by atoms with Gasteiger partial charge < -0.3 is 24.0 Å². The molecule has 3 heteroatoms. The van der Waals surface area contributed by atoms with Gasteiger partial charge in [-0.05, 0) is 22.4 Å². The molecule has 1 atom stereocenters. The molecule has 1 heterocycles. The van der Waals surface area contributed by atoms with Crippen molar-refractivity contribution in [3.8, 4) is 0 Å². The van der Waals surface area contributed by atoms with Crippen molar-refractivity contribution in [3.63, 3.8) is 0 Å².